The van der Waals surface area contributed by atoms with Crippen molar-refractivity contribution in [2.24, 2.45) is 4.99 Å². The van der Waals surface area contributed by atoms with Crippen LogP contribution in [0.1, 0.15) is 44.0 Å². The van der Waals surface area contributed by atoms with Crippen molar-refractivity contribution in [3.05, 3.63) is 5.82 Å². The van der Waals surface area contributed by atoms with Gasteiger partial charge in [-0.05, 0) is 25.5 Å². The number of guanidine groups is 1. The Hall–Kier alpha value is -0.510. The number of halogens is 1. The molecule has 2 N–H and O–H groups in total. The van der Waals surface area contributed by atoms with Gasteiger partial charge in [0.15, 0.2) is 11.1 Å². The lowest BCUT2D eigenvalue weighted by Crippen LogP contribution is -2.35. The molecular formula is C14H27IN6S. The van der Waals surface area contributed by atoms with Gasteiger partial charge in [-0.15, -0.1) is 34.2 Å². The highest BCUT2D eigenvalue weighted by atomic mass is 127. The van der Waals surface area contributed by atoms with E-state index in [1.165, 1.54) is 25.7 Å². The number of thioether (sulfide) groups is 1. The van der Waals surface area contributed by atoms with E-state index < -0.39 is 0 Å². The Bertz CT molecular complexity index is 470. The first-order valence-corrected chi connectivity index (χ1v) is 8.88. The van der Waals surface area contributed by atoms with Gasteiger partial charge < -0.3 is 15.2 Å². The smallest absolute Gasteiger partial charge is 0.191 e. The van der Waals surface area contributed by atoms with Crippen LogP contribution in [0.2, 0.25) is 0 Å². The van der Waals surface area contributed by atoms with Gasteiger partial charge in [-0.2, -0.15) is 0 Å². The minimum absolute atomic E-state index is 0. The summed E-state index contributed by atoms with van der Waals surface area (Å²) in [6, 6.07) is 0.607. The van der Waals surface area contributed by atoms with Gasteiger partial charge in [0.05, 0.1) is 0 Å². The monoisotopic (exact) mass is 438 g/mol. The second-order valence-electron chi connectivity index (χ2n) is 5.26. The van der Waals surface area contributed by atoms with E-state index in [9.17, 15) is 0 Å². The van der Waals surface area contributed by atoms with Crippen molar-refractivity contribution in [1.29, 1.82) is 0 Å². The van der Waals surface area contributed by atoms with Gasteiger partial charge in [0, 0.05) is 33.1 Å². The summed E-state index contributed by atoms with van der Waals surface area (Å²) in [6.07, 6.45) is 9.26. The highest BCUT2D eigenvalue weighted by molar-refractivity contribution is 14.0. The molecule has 0 aliphatic heterocycles. The van der Waals surface area contributed by atoms with Crippen molar-refractivity contribution < 1.29 is 0 Å². The summed E-state index contributed by atoms with van der Waals surface area (Å²) in [5, 5.41) is 16.1. The summed E-state index contributed by atoms with van der Waals surface area (Å²) < 4.78 is 2.38. The summed E-state index contributed by atoms with van der Waals surface area (Å²) >= 11 is 1.70. The number of aryl methyl sites for hydroxylation is 1. The van der Waals surface area contributed by atoms with Gasteiger partial charge in [0.1, 0.15) is 5.82 Å². The molecule has 2 rings (SSSR count). The van der Waals surface area contributed by atoms with Crippen LogP contribution < -0.4 is 10.6 Å². The Kier molecular flexibility index (Phi) is 9.15. The summed E-state index contributed by atoms with van der Waals surface area (Å²) in [4.78, 5) is 4.11. The van der Waals surface area contributed by atoms with Crippen LogP contribution in [-0.2, 0) is 6.42 Å². The largest absolute Gasteiger partial charge is 0.359 e. The Morgan fingerprint density at radius 2 is 2.09 bits per heavy atom. The fourth-order valence-corrected chi connectivity index (χ4v) is 3.45. The molecule has 1 aliphatic rings. The molecule has 1 fully saturated rings. The number of aliphatic imine (C=N–C) groups is 1. The number of hydrogen-bond donors (Lipinski definition) is 2. The zero-order chi connectivity index (χ0) is 15.1. The molecule has 126 valence electrons. The number of aromatic nitrogens is 3. The molecule has 1 aliphatic carbocycles. The number of nitrogens with zero attached hydrogens (tertiary/aromatic N) is 4. The average molecular weight is 438 g/mol. The molecular weight excluding hydrogens is 411 g/mol. The van der Waals surface area contributed by atoms with E-state index in [1.807, 2.05) is 7.05 Å². The summed E-state index contributed by atoms with van der Waals surface area (Å²) in [7, 11) is 3.65. The molecule has 1 aromatic heterocycles. The zero-order valence-corrected chi connectivity index (χ0v) is 16.8. The third kappa shape index (κ3) is 5.00. The first kappa shape index (κ1) is 19.5. The Morgan fingerprint density at radius 1 is 1.36 bits per heavy atom. The van der Waals surface area contributed by atoms with E-state index in [1.54, 1.807) is 18.8 Å². The van der Waals surface area contributed by atoms with Crippen molar-refractivity contribution >= 4 is 41.7 Å². The predicted molar refractivity (Wildman–Crippen MR) is 103 cm³/mol. The molecule has 1 saturated carbocycles. The summed E-state index contributed by atoms with van der Waals surface area (Å²) in [5.74, 6) is 1.96. The molecule has 1 aromatic rings. The summed E-state index contributed by atoms with van der Waals surface area (Å²) in [6.45, 7) is 0.889. The van der Waals surface area contributed by atoms with Gasteiger partial charge in [0.25, 0.3) is 0 Å². The fraction of sp³-hybridized carbons (Fsp3) is 0.786. The zero-order valence-electron chi connectivity index (χ0n) is 13.6. The molecule has 0 aromatic carbocycles. The van der Waals surface area contributed by atoms with E-state index in [4.69, 9.17) is 0 Å². The van der Waals surface area contributed by atoms with E-state index in [2.05, 4.69) is 36.6 Å². The molecule has 0 atom stereocenters. The SMILES string of the molecule is CN=C(NC)NCCCc1nnc(SC)n1C1CCCC1.I. The summed E-state index contributed by atoms with van der Waals surface area (Å²) in [5.41, 5.74) is 0. The lowest BCUT2D eigenvalue weighted by atomic mass is 10.2. The third-order valence-corrected chi connectivity index (χ3v) is 4.58. The van der Waals surface area contributed by atoms with E-state index >= 15 is 0 Å². The van der Waals surface area contributed by atoms with Crippen molar-refractivity contribution in [3.8, 4) is 0 Å². The molecule has 6 nitrogen and oxygen atoms in total. The topological polar surface area (TPSA) is 67.1 Å². The molecule has 1 heterocycles. The van der Waals surface area contributed by atoms with Crippen molar-refractivity contribution in [2.75, 3.05) is 26.9 Å². The normalized spacial score (nSPS) is 15.7. The van der Waals surface area contributed by atoms with Gasteiger partial charge in [-0.3, -0.25) is 4.99 Å². The predicted octanol–water partition coefficient (Wildman–Crippen LogP) is 2.46. The van der Waals surface area contributed by atoms with Crippen LogP contribution in [0.4, 0.5) is 0 Å². The molecule has 0 bridgehead atoms. The first-order valence-electron chi connectivity index (χ1n) is 7.66. The lowest BCUT2D eigenvalue weighted by molar-refractivity contribution is 0.460. The lowest BCUT2D eigenvalue weighted by Gasteiger charge is -2.16. The molecule has 0 unspecified atom stereocenters. The van der Waals surface area contributed by atoms with Crippen LogP contribution in [0.15, 0.2) is 10.1 Å². The maximum absolute atomic E-state index is 4.41. The Labute approximate surface area is 154 Å². The van der Waals surface area contributed by atoms with Crippen LogP contribution >= 0.6 is 35.7 Å². The average Bonchev–Trinajstić information content (AvgIpc) is 3.16. The van der Waals surface area contributed by atoms with Crippen molar-refractivity contribution in [1.82, 2.24) is 25.4 Å². The maximum atomic E-state index is 4.41. The maximum Gasteiger partial charge on any atom is 0.191 e. The second-order valence-corrected chi connectivity index (χ2v) is 6.04. The van der Waals surface area contributed by atoms with E-state index in [-0.39, 0.29) is 24.0 Å². The third-order valence-electron chi connectivity index (χ3n) is 3.94. The van der Waals surface area contributed by atoms with Crippen LogP contribution in [0.25, 0.3) is 0 Å². The quantitative estimate of drug-likeness (QED) is 0.235. The van der Waals surface area contributed by atoms with E-state index in [0.717, 1.165) is 36.3 Å². The highest BCUT2D eigenvalue weighted by Gasteiger charge is 2.23. The minimum Gasteiger partial charge on any atom is -0.359 e. The van der Waals surface area contributed by atoms with Crippen LogP contribution in [-0.4, -0.2) is 47.6 Å². The van der Waals surface area contributed by atoms with Crippen molar-refractivity contribution in [3.63, 3.8) is 0 Å². The Balaban J connectivity index is 0.00000242. The molecule has 22 heavy (non-hydrogen) atoms. The second kappa shape index (κ2) is 10.3. The molecule has 0 radical (unpaired) electrons. The minimum atomic E-state index is 0. The van der Waals surface area contributed by atoms with Crippen LogP contribution in [0.3, 0.4) is 0 Å². The van der Waals surface area contributed by atoms with Gasteiger partial charge in [0.2, 0.25) is 0 Å². The van der Waals surface area contributed by atoms with Crippen molar-refractivity contribution in [2.45, 2.75) is 49.7 Å². The molecule has 0 amide bonds. The first-order chi connectivity index (χ1) is 10.3. The molecule has 0 saturated heterocycles. The van der Waals surface area contributed by atoms with Gasteiger partial charge in [-0.1, -0.05) is 24.6 Å². The number of hydrogen-bond acceptors (Lipinski definition) is 4. The molecule has 0 spiro atoms. The molecule has 8 heteroatoms. The Morgan fingerprint density at radius 3 is 2.68 bits per heavy atom. The number of nitrogens with one attached hydrogen (secondary N) is 2. The fourth-order valence-electron chi connectivity index (χ4n) is 2.88. The van der Waals surface area contributed by atoms with E-state index in [0.29, 0.717) is 6.04 Å². The van der Waals surface area contributed by atoms with Crippen LogP contribution in [0, 0.1) is 0 Å². The van der Waals surface area contributed by atoms with Gasteiger partial charge in [-0.25, -0.2) is 0 Å². The highest BCUT2D eigenvalue weighted by Crippen LogP contribution is 2.33. The van der Waals surface area contributed by atoms with Crippen LogP contribution in [0.5, 0.6) is 0 Å². The number of rotatable bonds is 6. The standard InChI is InChI=1S/C14H26N6S.HI/c1-15-13(16-2)17-10-6-9-12-18-19-14(21-3)20(12)11-7-4-5-8-11;/h11H,4-10H2,1-3H3,(H2,15,16,17);1H. The van der Waals surface area contributed by atoms with Gasteiger partial charge >= 0.3 is 0 Å².